The van der Waals surface area contributed by atoms with Crippen LogP contribution in [0.15, 0.2) is 5.38 Å². The number of aromatic nitrogens is 1. The van der Waals surface area contributed by atoms with Gasteiger partial charge in [0.1, 0.15) is 6.04 Å². The summed E-state index contributed by atoms with van der Waals surface area (Å²) in [4.78, 5) is 14.8. The van der Waals surface area contributed by atoms with Gasteiger partial charge in [0.05, 0.1) is 17.2 Å². The minimum Gasteiger partial charge on any atom is -0.480 e. The predicted octanol–water partition coefficient (Wildman–Crippen LogP) is 0.0741. The molecule has 0 aromatic carbocycles. The van der Waals surface area contributed by atoms with Crippen molar-refractivity contribution < 1.29 is 18.3 Å². The van der Waals surface area contributed by atoms with Crippen molar-refractivity contribution in [2.45, 2.75) is 12.5 Å². The highest BCUT2D eigenvalue weighted by molar-refractivity contribution is 7.91. The second-order valence-electron chi connectivity index (χ2n) is 4.54. The predicted molar refractivity (Wildman–Crippen MR) is 71.9 cm³/mol. The van der Waals surface area contributed by atoms with Crippen molar-refractivity contribution in [2.24, 2.45) is 11.7 Å². The van der Waals surface area contributed by atoms with Crippen LogP contribution in [0.4, 0.5) is 5.13 Å². The van der Waals surface area contributed by atoms with Gasteiger partial charge in [0, 0.05) is 11.9 Å². The third-order valence-electron chi connectivity index (χ3n) is 2.98. The average Bonchev–Trinajstić information content (AvgIpc) is 2.92. The molecule has 1 aliphatic rings. The first-order chi connectivity index (χ1) is 8.87. The Morgan fingerprint density at radius 3 is 3.00 bits per heavy atom. The number of hydrogen-bond donors (Lipinski definition) is 3. The van der Waals surface area contributed by atoms with Gasteiger partial charge in [-0.3, -0.25) is 4.79 Å². The van der Waals surface area contributed by atoms with Crippen LogP contribution in [0, 0.1) is 5.92 Å². The number of nitrogens with zero attached hydrogens (tertiary/aromatic N) is 1. The van der Waals surface area contributed by atoms with E-state index >= 15 is 0 Å². The Morgan fingerprint density at radius 2 is 2.42 bits per heavy atom. The van der Waals surface area contributed by atoms with Gasteiger partial charge in [-0.1, -0.05) is 0 Å². The molecule has 1 aromatic heterocycles. The normalized spacial score (nSPS) is 23.1. The second-order valence-corrected chi connectivity index (χ2v) is 7.63. The van der Waals surface area contributed by atoms with E-state index < -0.39 is 21.8 Å². The van der Waals surface area contributed by atoms with Crippen LogP contribution >= 0.6 is 11.3 Å². The van der Waals surface area contributed by atoms with Crippen LogP contribution in [-0.4, -0.2) is 42.5 Å². The third kappa shape index (κ3) is 3.64. The largest absolute Gasteiger partial charge is 0.480 e. The van der Waals surface area contributed by atoms with Crippen LogP contribution in [0.25, 0.3) is 0 Å². The third-order valence-corrected chi connectivity index (χ3v) is 5.63. The minimum absolute atomic E-state index is 0.0884. The molecular weight excluding hydrogens is 290 g/mol. The van der Waals surface area contributed by atoms with Crippen molar-refractivity contribution in [2.75, 3.05) is 23.4 Å². The number of carboxylic acids is 1. The lowest BCUT2D eigenvalue weighted by molar-refractivity contribution is -0.138. The fourth-order valence-corrected chi connectivity index (χ4v) is 4.52. The topological polar surface area (TPSA) is 122 Å². The Hall–Kier alpha value is -1.19. The monoisotopic (exact) mass is 305 g/mol. The molecule has 1 fully saturated rings. The van der Waals surface area contributed by atoms with Crippen molar-refractivity contribution >= 4 is 32.3 Å². The molecular formula is C10H15N3O4S2. The molecule has 0 radical (unpaired) electrons. The molecule has 7 nitrogen and oxygen atoms in total. The molecule has 106 valence electrons. The highest BCUT2D eigenvalue weighted by atomic mass is 32.2. The van der Waals surface area contributed by atoms with E-state index in [1.165, 1.54) is 11.3 Å². The SMILES string of the molecule is NC(C(=O)O)c1csc(NCC2CCS(=O)(=O)C2)n1. The number of rotatable bonds is 5. The lowest BCUT2D eigenvalue weighted by Gasteiger charge is -2.07. The van der Waals surface area contributed by atoms with Crippen LogP contribution in [0.2, 0.25) is 0 Å². The molecule has 2 rings (SSSR count). The Kier molecular flexibility index (Phi) is 4.07. The zero-order valence-corrected chi connectivity index (χ0v) is 11.7. The van der Waals surface area contributed by atoms with Gasteiger partial charge in [-0.05, 0) is 12.3 Å². The Bertz CT molecular complexity index is 569. The molecule has 2 atom stereocenters. The van der Waals surface area contributed by atoms with Gasteiger partial charge in [0.15, 0.2) is 15.0 Å². The smallest absolute Gasteiger partial charge is 0.326 e. The quantitative estimate of drug-likeness (QED) is 0.703. The number of anilines is 1. The van der Waals surface area contributed by atoms with Crippen molar-refractivity contribution in [3.05, 3.63) is 11.1 Å². The van der Waals surface area contributed by atoms with Gasteiger partial charge >= 0.3 is 5.97 Å². The van der Waals surface area contributed by atoms with Crippen molar-refractivity contribution in [1.29, 1.82) is 0 Å². The summed E-state index contributed by atoms with van der Waals surface area (Å²) in [6, 6.07) is -1.13. The molecule has 2 unspecified atom stereocenters. The number of carboxylic acid groups (broad SMARTS) is 1. The number of sulfone groups is 1. The lowest BCUT2D eigenvalue weighted by atomic mass is 10.1. The minimum atomic E-state index is -2.87. The molecule has 0 saturated carbocycles. The summed E-state index contributed by atoms with van der Waals surface area (Å²) in [5.74, 6) is -0.594. The Balaban J connectivity index is 1.89. The van der Waals surface area contributed by atoms with Gasteiger partial charge in [0.25, 0.3) is 0 Å². The zero-order valence-electron chi connectivity index (χ0n) is 10.1. The molecule has 0 amide bonds. The highest BCUT2D eigenvalue weighted by Crippen LogP contribution is 2.22. The first kappa shape index (κ1) is 14.2. The summed E-state index contributed by atoms with van der Waals surface area (Å²) in [7, 11) is -2.87. The lowest BCUT2D eigenvalue weighted by Crippen LogP contribution is -2.21. The summed E-state index contributed by atoms with van der Waals surface area (Å²) in [5.41, 5.74) is 5.75. The van der Waals surface area contributed by atoms with E-state index in [2.05, 4.69) is 10.3 Å². The van der Waals surface area contributed by atoms with Gasteiger partial charge in [-0.25, -0.2) is 13.4 Å². The van der Waals surface area contributed by atoms with Crippen LogP contribution in [0.1, 0.15) is 18.2 Å². The Morgan fingerprint density at radius 1 is 1.68 bits per heavy atom. The van der Waals surface area contributed by atoms with Gasteiger partial charge in [-0.15, -0.1) is 11.3 Å². The summed E-state index contributed by atoms with van der Waals surface area (Å²) < 4.78 is 22.6. The van der Waals surface area contributed by atoms with Gasteiger partial charge < -0.3 is 16.2 Å². The van der Waals surface area contributed by atoms with E-state index in [0.29, 0.717) is 23.8 Å². The second kappa shape index (κ2) is 5.43. The molecule has 1 aromatic rings. The summed E-state index contributed by atoms with van der Waals surface area (Å²) >= 11 is 1.26. The van der Waals surface area contributed by atoms with E-state index in [1.54, 1.807) is 5.38 Å². The number of thiazole rings is 1. The van der Waals surface area contributed by atoms with E-state index in [1.807, 2.05) is 0 Å². The van der Waals surface area contributed by atoms with Crippen LogP contribution in [-0.2, 0) is 14.6 Å². The standard InChI is InChI=1S/C10H15N3O4S2/c11-8(9(14)15)7-4-18-10(13-7)12-3-6-1-2-19(16,17)5-6/h4,6,8H,1-3,5,11H2,(H,12,13)(H,14,15). The van der Waals surface area contributed by atoms with E-state index in [0.717, 1.165) is 0 Å². The number of nitrogens with two attached hydrogens (primary N) is 1. The first-order valence-corrected chi connectivity index (χ1v) is 8.45. The van der Waals surface area contributed by atoms with Crippen LogP contribution in [0.3, 0.4) is 0 Å². The average molecular weight is 305 g/mol. The van der Waals surface area contributed by atoms with Crippen molar-refractivity contribution in [3.63, 3.8) is 0 Å². The molecule has 4 N–H and O–H groups in total. The van der Waals surface area contributed by atoms with Gasteiger partial charge in [-0.2, -0.15) is 0 Å². The molecule has 1 saturated heterocycles. The van der Waals surface area contributed by atoms with Crippen molar-refractivity contribution in [1.82, 2.24) is 4.98 Å². The molecule has 2 heterocycles. The molecule has 19 heavy (non-hydrogen) atoms. The van der Waals surface area contributed by atoms with E-state index in [4.69, 9.17) is 10.8 Å². The summed E-state index contributed by atoms with van der Waals surface area (Å²) in [5, 5.41) is 13.9. The Labute approximate surface area is 114 Å². The fourth-order valence-electron chi connectivity index (χ4n) is 1.90. The van der Waals surface area contributed by atoms with Gasteiger partial charge in [0.2, 0.25) is 0 Å². The van der Waals surface area contributed by atoms with E-state index in [-0.39, 0.29) is 17.4 Å². The molecule has 1 aliphatic heterocycles. The number of nitrogens with one attached hydrogen (secondary N) is 1. The molecule has 0 aliphatic carbocycles. The number of hydrogen-bond acceptors (Lipinski definition) is 7. The fraction of sp³-hybridized carbons (Fsp3) is 0.600. The number of carbonyl (C=O) groups is 1. The van der Waals surface area contributed by atoms with E-state index in [9.17, 15) is 13.2 Å². The molecule has 9 heteroatoms. The van der Waals surface area contributed by atoms with Crippen molar-refractivity contribution in [3.8, 4) is 0 Å². The van der Waals surface area contributed by atoms with Crippen LogP contribution in [0.5, 0.6) is 0 Å². The summed E-state index contributed by atoms with van der Waals surface area (Å²) in [6.45, 7) is 0.522. The molecule has 0 bridgehead atoms. The number of aliphatic carboxylic acids is 1. The maximum absolute atomic E-state index is 11.3. The zero-order chi connectivity index (χ0) is 14.0. The van der Waals surface area contributed by atoms with Crippen LogP contribution < -0.4 is 11.1 Å². The maximum atomic E-state index is 11.3. The maximum Gasteiger partial charge on any atom is 0.326 e. The molecule has 0 spiro atoms. The highest BCUT2D eigenvalue weighted by Gasteiger charge is 2.27. The summed E-state index contributed by atoms with van der Waals surface area (Å²) in [6.07, 6.45) is 0.655. The first-order valence-electron chi connectivity index (χ1n) is 5.75.